The smallest absolute Gasteiger partial charge is 0.311 e. The fraction of sp³-hybridized carbons (Fsp3) is 0.968. The summed E-state index contributed by atoms with van der Waals surface area (Å²) in [5.41, 5.74) is -5.20. The van der Waals surface area contributed by atoms with Gasteiger partial charge in [-0.25, -0.2) is 0 Å². The highest BCUT2D eigenvalue weighted by Gasteiger charge is 2.57. The summed E-state index contributed by atoms with van der Waals surface area (Å²) < 4.78 is 29.3. The zero-order valence-corrected chi connectivity index (χ0v) is 28.0. The molecule has 0 spiro atoms. The molecular formula is C31H60N2O10. The van der Waals surface area contributed by atoms with Gasteiger partial charge in [-0.3, -0.25) is 4.79 Å². The van der Waals surface area contributed by atoms with Crippen LogP contribution < -0.4 is 10.6 Å². The summed E-state index contributed by atoms with van der Waals surface area (Å²) in [6.07, 6.45) is -2.48. The highest BCUT2D eigenvalue weighted by molar-refractivity contribution is 5.72. The first-order valence-corrected chi connectivity index (χ1v) is 15.6. The van der Waals surface area contributed by atoms with Gasteiger partial charge in [0.25, 0.3) is 0 Å². The Kier molecular flexibility index (Phi) is 13.9. The van der Waals surface area contributed by atoms with Gasteiger partial charge in [-0.15, -0.1) is 0 Å². The second kappa shape index (κ2) is 15.6. The van der Waals surface area contributed by atoms with Crippen LogP contribution in [0.3, 0.4) is 0 Å². The van der Waals surface area contributed by atoms with Gasteiger partial charge in [0.15, 0.2) is 6.29 Å². The van der Waals surface area contributed by atoms with Gasteiger partial charge in [0.05, 0.1) is 30.3 Å². The minimum atomic E-state index is -1.69. The van der Waals surface area contributed by atoms with Crippen LogP contribution in [-0.4, -0.2) is 127 Å². The Labute approximate surface area is 258 Å². The summed E-state index contributed by atoms with van der Waals surface area (Å²) in [4.78, 5) is 13.4. The van der Waals surface area contributed by atoms with E-state index < -0.39 is 71.5 Å². The maximum Gasteiger partial charge on any atom is 0.311 e. The van der Waals surface area contributed by atoms with Crippen LogP contribution >= 0.6 is 0 Å². The molecule has 2 heterocycles. The van der Waals surface area contributed by atoms with Crippen molar-refractivity contribution < 1.29 is 48.9 Å². The van der Waals surface area contributed by atoms with E-state index in [1.807, 2.05) is 20.8 Å². The third kappa shape index (κ3) is 9.78. The second-order valence-electron chi connectivity index (χ2n) is 13.9. The second-order valence-corrected chi connectivity index (χ2v) is 13.9. The molecule has 8 unspecified atom stereocenters. The average molecular weight is 621 g/mol. The zero-order valence-electron chi connectivity index (χ0n) is 28.0. The highest BCUT2D eigenvalue weighted by atomic mass is 16.7. The Morgan fingerprint density at radius 1 is 1.02 bits per heavy atom. The van der Waals surface area contributed by atoms with E-state index in [4.69, 9.17) is 23.7 Å². The number of methoxy groups -OCH3 is 2. The predicted octanol–water partition coefficient (Wildman–Crippen LogP) is 0.965. The van der Waals surface area contributed by atoms with Crippen LogP contribution in [-0.2, 0) is 28.5 Å². The van der Waals surface area contributed by atoms with Crippen LogP contribution in [0.2, 0.25) is 0 Å². The molecule has 0 radical (unpaired) electrons. The van der Waals surface area contributed by atoms with E-state index in [0.717, 1.165) is 0 Å². The van der Waals surface area contributed by atoms with Crippen molar-refractivity contribution in [1.82, 2.24) is 10.6 Å². The third-order valence-corrected chi connectivity index (χ3v) is 9.52. The fourth-order valence-corrected chi connectivity index (χ4v) is 6.68. The molecule has 6 N–H and O–H groups in total. The minimum absolute atomic E-state index is 0.0571. The third-order valence-electron chi connectivity index (χ3n) is 9.52. The largest absolute Gasteiger partial charge is 0.462 e. The molecule has 12 nitrogen and oxygen atoms in total. The topological polar surface area (TPSA) is 168 Å². The first-order valence-electron chi connectivity index (χ1n) is 15.6. The van der Waals surface area contributed by atoms with Gasteiger partial charge in [-0.2, -0.15) is 0 Å². The lowest BCUT2D eigenvalue weighted by atomic mass is 9.75. The summed E-state index contributed by atoms with van der Waals surface area (Å²) >= 11 is 0. The van der Waals surface area contributed by atoms with E-state index in [9.17, 15) is 25.2 Å². The van der Waals surface area contributed by atoms with Crippen molar-refractivity contribution in [3.63, 3.8) is 0 Å². The van der Waals surface area contributed by atoms with Crippen molar-refractivity contribution in [3.05, 3.63) is 0 Å². The number of aliphatic hydroxyl groups excluding tert-OH is 1. The summed E-state index contributed by atoms with van der Waals surface area (Å²) in [7, 11) is 3.15. The van der Waals surface area contributed by atoms with Crippen molar-refractivity contribution in [2.24, 2.45) is 17.8 Å². The molecule has 254 valence electrons. The van der Waals surface area contributed by atoms with Crippen molar-refractivity contribution in [1.29, 1.82) is 0 Å². The Hall–Kier alpha value is -0.930. The van der Waals surface area contributed by atoms with Crippen molar-refractivity contribution in [2.75, 3.05) is 47.1 Å². The Bertz CT molecular complexity index is 876. The predicted molar refractivity (Wildman–Crippen MR) is 161 cm³/mol. The van der Waals surface area contributed by atoms with E-state index >= 15 is 0 Å². The summed E-state index contributed by atoms with van der Waals surface area (Å²) in [5, 5.41) is 51.3. The van der Waals surface area contributed by atoms with Gasteiger partial charge in [0.1, 0.15) is 29.5 Å². The maximum atomic E-state index is 13.4. The Morgan fingerprint density at radius 2 is 1.67 bits per heavy atom. The molecule has 2 rings (SSSR count). The molecule has 0 bridgehead atoms. The lowest BCUT2D eigenvalue weighted by Gasteiger charge is -2.53. The molecule has 2 aliphatic rings. The minimum Gasteiger partial charge on any atom is -0.462 e. The molecular weight excluding hydrogens is 560 g/mol. The lowest BCUT2D eigenvalue weighted by Crippen LogP contribution is -2.70. The maximum absolute atomic E-state index is 13.4. The Balaban J connectivity index is 2.35. The highest BCUT2D eigenvalue weighted by Crippen LogP contribution is 2.42. The number of aliphatic hydroxyl groups is 4. The number of hydrogen-bond donors (Lipinski definition) is 6. The van der Waals surface area contributed by atoms with Crippen molar-refractivity contribution in [3.8, 4) is 0 Å². The van der Waals surface area contributed by atoms with Crippen LogP contribution in [0.4, 0.5) is 0 Å². The molecule has 12 heteroatoms. The van der Waals surface area contributed by atoms with E-state index in [2.05, 4.69) is 10.6 Å². The van der Waals surface area contributed by atoms with Gasteiger partial charge in [-0.05, 0) is 72.8 Å². The zero-order chi connectivity index (χ0) is 32.8. The van der Waals surface area contributed by atoms with Gasteiger partial charge in [-0.1, -0.05) is 13.8 Å². The normalized spacial score (nSPS) is 46.0. The number of carbonyl (C=O) groups excluding carboxylic acids is 1. The number of nitrogens with one attached hydrogen (secondary N) is 2. The standard InChI is InChI=1S/C31H60N2O10/c1-19-13-28(6,36)14-20(2)25(21(3)27(35)41-18-29(7,37)26(34)22(4)33-16-19)43-24-15-30(8,40-10)31(38,23(5)42-24)17-32-11-12-39-9/h19-26,32-34,36-38H,11-18H2,1-10H3/t19?,20?,21?,22?,23-,24-,25?,26?,28?,29?,30+,31-/m0/s1. The first kappa shape index (κ1) is 38.3. The van der Waals surface area contributed by atoms with Crippen LogP contribution in [0.25, 0.3) is 0 Å². The number of esters is 1. The van der Waals surface area contributed by atoms with Gasteiger partial charge in [0, 0.05) is 39.8 Å². The van der Waals surface area contributed by atoms with Crippen molar-refractivity contribution >= 4 is 5.97 Å². The molecule has 0 aromatic rings. The molecule has 43 heavy (non-hydrogen) atoms. The van der Waals surface area contributed by atoms with Gasteiger partial charge < -0.3 is 54.7 Å². The van der Waals surface area contributed by atoms with Crippen LogP contribution in [0.15, 0.2) is 0 Å². The molecule has 12 atom stereocenters. The number of cyclic esters (lactones) is 1. The molecule has 0 aromatic carbocycles. The number of ether oxygens (including phenoxy) is 5. The van der Waals surface area contributed by atoms with Gasteiger partial charge >= 0.3 is 5.97 Å². The molecule has 0 saturated carbocycles. The average Bonchev–Trinajstić information content (AvgIpc) is 2.92. The lowest BCUT2D eigenvalue weighted by molar-refractivity contribution is -0.328. The summed E-state index contributed by atoms with van der Waals surface area (Å²) in [5.74, 6) is -1.66. The number of carbonyl (C=O) groups is 1. The summed E-state index contributed by atoms with van der Waals surface area (Å²) in [6.45, 7) is 15.5. The Morgan fingerprint density at radius 3 is 2.28 bits per heavy atom. The molecule has 0 aromatic heterocycles. The van der Waals surface area contributed by atoms with Crippen LogP contribution in [0, 0.1) is 17.8 Å². The van der Waals surface area contributed by atoms with E-state index in [1.165, 1.54) is 14.0 Å². The van der Waals surface area contributed by atoms with Crippen LogP contribution in [0.1, 0.15) is 74.7 Å². The van der Waals surface area contributed by atoms with E-state index in [-0.39, 0.29) is 24.8 Å². The van der Waals surface area contributed by atoms with Crippen LogP contribution in [0.5, 0.6) is 0 Å². The number of hydrogen-bond acceptors (Lipinski definition) is 12. The molecule has 2 saturated heterocycles. The number of rotatable bonds is 8. The monoisotopic (exact) mass is 620 g/mol. The van der Waals surface area contributed by atoms with Crippen molar-refractivity contribution in [2.45, 2.75) is 128 Å². The molecule has 2 fully saturated rings. The van der Waals surface area contributed by atoms with E-state index in [1.54, 1.807) is 34.8 Å². The summed E-state index contributed by atoms with van der Waals surface area (Å²) in [6, 6.07) is -0.479. The van der Waals surface area contributed by atoms with E-state index in [0.29, 0.717) is 32.5 Å². The fourth-order valence-electron chi connectivity index (χ4n) is 6.68. The SMILES string of the molecule is COCCNC[C@]1(O)[C@H](C)O[C@@H](OC2C(C)CC(C)(O)CC(C)CNC(C)C(O)C(C)(O)COC(=O)C2C)C[C@@]1(C)OC. The molecule has 0 amide bonds. The van der Waals surface area contributed by atoms with Gasteiger partial charge in [0.2, 0.25) is 0 Å². The quantitative estimate of drug-likeness (QED) is 0.168. The first-order chi connectivity index (χ1) is 19.8. The molecule has 2 aliphatic heterocycles. The molecule has 0 aliphatic carbocycles.